The molecule has 2 N–H and O–H groups in total. The van der Waals surface area contributed by atoms with Crippen LogP contribution in [0.5, 0.6) is 0 Å². The maximum absolute atomic E-state index is 6.25. The first kappa shape index (κ1) is 12.5. The van der Waals surface area contributed by atoms with Crippen LogP contribution in [0.4, 0.5) is 0 Å². The molecule has 0 fully saturated rings. The first-order valence-electron chi connectivity index (χ1n) is 5.49. The van der Waals surface area contributed by atoms with E-state index < -0.39 is 0 Å². The average Bonchev–Trinajstić information content (AvgIpc) is 2.92. The van der Waals surface area contributed by atoms with Crippen molar-refractivity contribution in [2.45, 2.75) is 32.9 Å². The zero-order chi connectivity index (χ0) is 12.4. The minimum Gasteiger partial charge on any atom is -0.323 e. The van der Waals surface area contributed by atoms with Gasteiger partial charge in [0.05, 0.1) is 21.9 Å². The third-order valence-electron chi connectivity index (χ3n) is 2.68. The number of aromatic nitrogens is 3. The summed E-state index contributed by atoms with van der Waals surface area (Å²) in [7, 11) is 0. The molecule has 0 spiro atoms. The van der Waals surface area contributed by atoms with Crippen molar-refractivity contribution in [3.63, 3.8) is 0 Å². The number of hydrogen-bond acceptors (Lipinski definition) is 4. The molecule has 0 aliphatic rings. The summed E-state index contributed by atoms with van der Waals surface area (Å²) >= 11 is 7.81. The number of nitrogens with zero attached hydrogens (tertiary/aromatic N) is 3. The molecule has 0 aliphatic heterocycles. The molecule has 0 aliphatic carbocycles. The van der Waals surface area contributed by atoms with Crippen LogP contribution in [0.2, 0.25) is 5.02 Å². The number of aryl methyl sites for hydroxylation is 2. The third-order valence-corrected chi connectivity index (χ3v) is 4.08. The van der Waals surface area contributed by atoms with E-state index in [1.54, 1.807) is 16.8 Å². The predicted molar refractivity (Wildman–Crippen MR) is 70.4 cm³/mol. The van der Waals surface area contributed by atoms with Crippen LogP contribution in [0.3, 0.4) is 0 Å². The summed E-state index contributed by atoms with van der Waals surface area (Å²) < 4.78 is 1.92. The SMILES string of the molecule is CCn1nc(C)c(Cl)c1CC(N)c1cncs1. The monoisotopic (exact) mass is 270 g/mol. The lowest BCUT2D eigenvalue weighted by molar-refractivity contribution is 0.590. The van der Waals surface area contributed by atoms with E-state index in [-0.39, 0.29) is 6.04 Å². The van der Waals surface area contributed by atoms with E-state index in [0.717, 1.165) is 27.8 Å². The molecular formula is C11H15ClN4S. The van der Waals surface area contributed by atoms with Gasteiger partial charge in [-0.1, -0.05) is 11.6 Å². The summed E-state index contributed by atoms with van der Waals surface area (Å²) in [6.07, 6.45) is 2.50. The smallest absolute Gasteiger partial charge is 0.0847 e. The molecule has 1 atom stereocenters. The zero-order valence-electron chi connectivity index (χ0n) is 9.85. The second-order valence-corrected chi connectivity index (χ2v) is 5.17. The Morgan fingerprint density at radius 1 is 1.59 bits per heavy atom. The van der Waals surface area contributed by atoms with E-state index in [2.05, 4.69) is 10.1 Å². The van der Waals surface area contributed by atoms with Crippen molar-refractivity contribution in [1.82, 2.24) is 14.8 Å². The number of thiazole rings is 1. The number of hydrogen-bond donors (Lipinski definition) is 1. The second kappa shape index (κ2) is 5.16. The van der Waals surface area contributed by atoms with Gasteiger partial charge in [-0.25, -0.2) is 0 Å². The van der Waals surface area contributed by atoms with Gasteiger partial charge in [-0.15, -0.1) is 11.3 Å². The molecule has 2 rings (SSSR count). The van der Waals surface area contributed by atoms with Crippen molar-refractivity contribution < 1.29 is 0 Å². The maximum atomic E-state index is 6.25. The lowest BCUT2D eigenvalue weighted by Crippen LogP contribution is -2.15. The fourth-order valence-electron chi connectivity index (χ4n) is 1.78. The van der Waals surface area contributed by atoms with E-state index in [1.165, 1.54) is 0 Å². The molecule has 0 radical (unpaired) electrons. The van der Waals surface area contributed by atoms with Gasteiger partial charge in [-0.05, 0) is 13.8 Å². The molecule has 0 bridgehead atoms. The zero-order valence-corrected chi connectivity index (χ0v) is 11.4. The molecular weight excluding hydrogens is 256 g/mol. The van der Waals surface area contributed by atoms with Gasteiger partial charge < -0.3 is 5.73 Å². The largest absolute Gasteiger partial charge is 0.323 e. The quantitative estimate of drug-likeness (QED) is 0.929. The molecule has 0 saturated heterocycles. The topological polar surface area (TPSA) is 56.7 Å². The minimum absolute atomic E-state index is 0.0681. The molecule has 6 heteroatoms. The highest BCUT2D eigenvalue weighted by Crippen LogP contribution is 2.26. The molecule has 4 nitrogen and oxygen atoms in total. The van der Waals surface area contributed by atoms with E-state index >= 15 is 0 Å². The standard InChI is InChI=1S/C11H15ClN4S/c1-3-16-9(11(12)7(2)15-16)4-8(13)10-5-14-6-17-10/h5-6,8H,3-4,13H2,1-2H3. The summed E-state index contributed by atoms with van der Waals surface area (Å²) in [6.45, 7) is 4.76. The molecule has 1 unspecified atom stereocenters. The van der Waals surface area contributed by atoms with Gasteiger partial charge in [0.1, 0.15) is 0 Å². The van der Waals surface area contributed by atoms with Crippen LogP contribution in [0.25, 0.3) is 0 Å². The fourth-order valence-corrected chi connectivity index (χ4v) is 2.62. The molecule has 2 heterocycles. The minimum atomic E-state index is -0.0681. The van der Waals surface area contributed by atoms with Crippen LogP contribution < -0.4 is 5.73 Å². The normalized spacial score (nSPS) is 12.9. The molecule has 17 heavy (non-hydrogen) atoms. The molecule has 0 aromatic carbocycles. The van der Waals surface area contributed by atoms with Crippen molar-refractivity contribution in [2.75, 3.05) is 0 Å². The number of nitrogens with two attached hydrogens (primary N) is 1. The van der Waals surface area contributed by atoms with E-state index in [9.17, 15) is 0 Å². The fraction of sp³-hybridized carbons (Fsp3) is 0.455. The summed E-state index contributed by atoms with van der Waals surface area (Å²) in [5, 5.41) is 5.11. The van der Waals surface area contributed by atoms with Crippen molar-refractivity contribution in [1.29, 1.82) is 0 Å². The van der Waals surface area contributed by atoms with Crippen LogP contribution in [-0.2, 0) is 13.0 Å². The van der Waals surface area contributed by atoms with E-state index in [4.69, 9.17) is 17.3 Å². The Labute approximate surface area is 109 Å². The third kappa shape index (κ3) is 2.51. The highest BCUT2D eigenvalue weighted by molar-refractivity contribution is 7.09. The Morgan fingerprint density at radius 2 is 2.35 bits per heavy atom. The highest BCUT2D eigenvalue weighted by atomic mass is 35.5. The van der Waals surface area contributed by atoms with Gasteiger partial charge in [0.25, 0.3) is 0 Å². The lowest BCUT2D eigenvalue weighted by atomic mass is 10.1. The van der Waals surface area contributed by atoms with Gasteiger partial charge in [0, 0.05) is 30.1 Å². The van der Waals surface area contributed by atoms with Gasteiger partial charge >= 0.3 is 0 Å². The van der Waals surface area contributed by atoms with Crippen molar-refractivity contribution in [3.8, 4) is 0 Å². The summed E-state index contributed by atoms with van der Waals surface area (Å²) in [5.41, 5.74) is 9.80. The van der Waals surface area contributed by atoms with E-state index in [0.29, 0.717) is 6.42 Å². The molecule has 0 saturated carbocycles. The number of halogens is 1. The first-order valence-corrected chi connectivity index (χ1v) is 6.75. The van der Waals surface area contributed by atoms with Crippen molar-refractivity contribution in [2.24, 2.45) is 5.73 Å². The van der Waals surface area contributed by atoms with Crippen molar-refractivity contribution >= 4 is 22.9 Å². The maximum Gasteiger partial charge on any atom is 0.0847 e. The highest BCUT2D eigenvalue weighted by Gasteiger charge is 2.17. The van der Waals surface area contributed by atoms with Crippen LogP contribution in [0, 0.1) is 6.92 Å². The van der Waals surface area contributed by atoms with Crippen LogP contribution >= 0.6 is 22.9 Å². The first-order chi connectivity index (χ1) is 8.13. The summed E-state index contributed by atoms with van der Waals surface area (Å²) in [4.78, 5) is 5.11. The summed E-state index contributed by atoms with van der Waals surface area (Å²) in [6, 6.07) is -0.0681. The van der Waals surface area contributed by atoms with Crippen molar-refractivity contribution in [3.05, 3.63) is 33.0 Å². The summed E-state index contributed by atoms with van der Waals surface area (Å²) in [5.74, 6) is 0. The molecule has 92 valence electrons. The van der Waals surface area contributed by atoms with Gasteiger partial charge in [-0.2, -0.15) is 5.10 Å². The van der Waals surface area contributed by atoms with Gasteiger partial charge in [-0.3, -0.25) is 9.67 Å². The Bertz CT molecular complexity index is 492. The van der Waals surface area contributed by atoms with Crippen LogP contribution in [-0.4, -0.2) is 14.8 Å². The lowest BCUT2D eigenvalue weighted by Gasteiger charge is -2.10. The molecule has 2 aromatic rings. The van der Waals surface area contributed by atoms with Gasteiger partial charge in [0.15, 0.2) is 0 Å². The Morgan fingerprint density at radius 3 is 2.94 bits per heavy atom. The van der Waals surface area contributed by atoms with E-state index in [1.807, 2.05) is 24.7 Å². The van der Waals surface area contributed by atoms with Gasteiger partial charge in [0.2, 0.25) is 0 Å². The predicted octanol–water partition coefficient (Wildman–Crippen LogP) is 2.56. The average molecular weight is 271 g/mol. The van der Waals surface area contributed by atoms with Crippen LogP contribution in [0.1, 0.15) is 29.2 Å². The molecule has 0 amide bonds. The second-order valence-electron chi connectivity index (χ2n) is 3.88. The molecule has 2 aromatic heterocycles. The Kier molecular flexibility index (Phi) is 3.81. The Balaban J connectivity index is 2.24. The Hall–Kier alpha value is -0.910. The van der Waals surface area contributed by atoms with Crippen LogP contribution in [0.15, 0.2) is 11.7 Å². The number of rotatable bonds is 4.